The SMILES string of the molecule is Cc1c(F)ccc(C(O)CN)c1F. The van der Waals surface area contributed by atoms with Gasteiger partial charge in [0.2, 0.25) is 0 Å². The van der Waals surface area contributed by atoms with E-state index in [0.717, 1.165) is 6.07 Å². The first-order valence-electron chi connectivity index (χ1n) is 3.90. The standard InChI is InChI=1S/C9H11F2NO/c1-5-7(10)3-2-6(9(5)11)8(13)4-12/h2-3,8,13H,4,12H2,1H3. The Morgan fingerprint density at radius 1 is 1.46 bits per heavy atom. The van der Waals surface area contributed by atoms with Gasteiger partial charge in [0, 0.05) is 17.7 Å². The van der Waals surface area contributed by atoms with E-state index in [4.69, 9.17) is 5.73 Å². The molecule has 2 nitrogen and oxygen atoms in total. The highest BCUT2D eigenvalue weighted by Crippen LogP contribution is 2.20. The van der Waals surface area contributed by atoms with Crippen molar-refractivity contribution in [2.45, 2.75) is 13.0 Å². The van der Waals surface area contributed by atoms with Gasteiger partial charge in [-0.1, -0.05) is 6.07 Å². The van der Waals surface area contributed by atoms with Crippen LogP contribution in [0.15, 0.2) is 12.1 Å². The molecule has 0 heterocycles. The van der Waals surface area contributed by atoms with Crippen LogP contribution in [0, 0.1) is 18.6 Å². The molecule has 0 saturated heterocycles. The molecule has 0 aliphatic heterocycles. The number of nitrogens with two attached hydrogens (primary N) is 1. The minimum Gasteiger partial charge on any atom is -0.387 e. The van der Waals surface area contributed by atoms with Gasteiger partial charge in [0.15, 0.2) is 0 Å². The first-order valence-corrected chi connectivity index (χ1v) is 3.90. The van der Waals surface area contributed by atoms with Gasteiger partial charge in [0.1, 0.15) is 11.6 Å². The number of benzene rings is 1. The van der Waals surface area contributed by atoms with Crippen molar-refractivity contribution in [3.05, 3.63) is 34.9 Å². The molecule has 0 aliphatic rings. The Morgan fingerprint density at radius 2 is 2.08 bits per heavy atom. The first kappa shape index (κ1) is 10.1. The summed E-state index contributed by atoms with van der Waals surface area (Å²) in [7, 11) is 0. The van der Waals surface area contributed by atoms with Crippen LogP contribution < -0.4 is 5.73 Å². The highest BCUT2D eigenvalue weighted by Gasteiger charge is 2.14. The Labute approximate surface area is 75.0 Å². The Morgan fingerprint density at radius 3 is 2.62 bits per heavy atom. The zero-order valence-corrected chi connectivity index (χ0v) is 7.22. The molecule has 0 amide bonds. The molecule has 1 aromatic carbocycles. The van der Waals surface area contributed by atoms with Gasteiger partial charge in [0.25, 0.3) is 0 Å². The fourth-order valence-corrected chi connectivity index (χ4v) is 1.07. The van der Waals surface area contributed by atoms with E-state index in [9.17, 15) is 13.9 Å². The molecule has 3 N–H and O–H groups in total. The van der Waals surface area contributed by atoms with E-state index in [0.29, 0.717) is 0 Å². The zero-order chi connectivity index (χ0) is 10.0. The predicted octanol–water partition coefficient (Wildman–Crippen LogP) is 1.27. The molecule has 1 aromatic rings. The Bertz CT molecular complexity index is 315. The van der Waals surface area contributed by atoms with Gasteiger partial charge in [-0.15, -0.1) is 0 Å². The van der Waals surface area contributed by atoms with Crippen LogP contribution in [0.4, 0.5) is 8.78 Å². The van der Waals surface area contributed by atoms with E-state index in [1.165, 1.54) is 13.0 Å². The van der Waals surface area contributed by atoms with Crippen LogP contribution >= 0.6 is 0 Å². The Kier molecular flexibility index (Phi) is 2.95. The van der Waals surface area contributed by atoms with Gasteiger partial charge >= 0.3 is 0 Å². The molecular weight excluding hydrogens is 176 g/mol. The van der Waals surface area contributed by atoms with E-state index >= 15 is 0 Å². The summed E-state index contributed by atoms with van der Waals surface area (Å²) in [5, 5.41) is 9.24. The fraction of sp³-hybridized carbons (Fsp3) is 0.333. The molecule has 1 unspecified atom stereocenters. The summed E-state index contributed by atoms with van der Waals surface area (Å²) in [6.45, 7) is 1.24. The van der Waals surface area contributed by atoms with Crippen LogP contribution in [0.3, 0.4) is 0 Å². The Balaban J connectivity index is 3.18. The summed E-state index contributed by atoms with van der Waals surface area (Å²) in [5.41, 5.74) is 5.10. The lowest BCUT2D eigenvalue weighted by Crippen LogP contribution is -2.13. The molecular formula is C9H11F2NO. The van der Waals surface area contributed by atoms with Crippen LogP contribution in [0.1, 0.15) is 17.2 Å². The lowest BCUT2D eigenvalue weighted by Gasteiger charge is -2.10. The molecule has 0 fully saturated rings. The van der Waals surface area contributed by atoms with Crippen molar-refractivity contribution < 1.29 is 13.9 Å². The van der Waals surface area contributed by atoms with Gasteiger partial charge in [-0.05, 0) is 13.0 Å². The van der Waals surface area contributed by atoms with Crippen molar-refractivity contribution in [2.75, 3.05) is 6.54 Å². The largest absolute Gasteiger partial charge is 0.387 e. The topological polar surface area (TPSA) is 46.2 Å². The molecule has 0 aliphatic carbocycles. The number of aliphatic hydroxyl groups excluding tert-OH is 1. The molecule has 0 spiro atoms. The summed E-state index contributed by atoms with van der Waals surface area (Å²) in [6, 6.07) is 2.32. The first-order chi connectivity index (χ1) is 6.07. The number of aliphatic hydroxyl groups is 1. The second-order valence-corrected chi connectivity index (χ2v) is 2.83. The number of hydrogen-bond donors (Lipinski definition) is 2. The van der Waals surface area contributed by atoms with E-state index in [1.807, 2.05) is 0 Å². The second kappa shape index (κ2) is 3.81. The van der Waals surface area contributed by atoms with Crippen molar-refractivity contribution in [1.29, 1.82) is 0 Å². The minimum absolute atomic E-state index is 0.0430. The van der Waals surface area contributed by atoms with Crippen molar-refractivity contribution >= 4 is 0 Å². The quantitative estimate of drug-likeness (QED) is 0.732. The average Bonchev–Trinajstić information content (AvgIpc) is 2.13. The normalized spacial score (nSPS) is 13.0. The van der Waals surface area contributed by atoms with Gasteiger partial charge in [-0.2, -0.15) is 0 Å². The molecule has 1 rings (SSSR count). The lowest BCUT2D eigenvalue weighted by atomic mass is 10.1. The number of rotatable bonds is 2. The third kappa shape index (κ3) is 1.84. The number of hydrogen-bond acceptors (Lipinski definition) is 2. The van der Waals surface area contributed by atoms with E-state index in [2.05, 4.69) is 0 Å². The Hall–Kier alpha value is -1.00. The van der Waals surface area contributed by atoms with Crippen LogP contribution in [-0.2, 0) is 0 Å². The third-order valence-electron chi connectivity index (χ3n) is 1.93. The van der Waals surface area contributed by atoms with E-state index < -0.39 is 17.7 Å². The van der Waals surface area contributed by atoms with E-state index in [-0.39, 0.29) is 17.7 Å². The van der Waals surface area contributed by atoms with Crippen LogP contribution in [0.2, 0.25) is 0 Å². The monoisotopic (exact) mass is 187 g/mol. The molecule has 13 heavy (non-hydrogen) atoms. The fourth-order valence-electron chi connectivity index (χ4n) is 1.07. The molecule has 0 radical (unpaired) electrons. The molecule has 0 saturated carbocycles. The molecule has 1 atom stereocenters. The van der Waals surface area contributed by atoms with Crippen LogP contribution in [-0.4, -0.2) is 11.7 Å². The molecule has 72 valence electrons. The van der Waals surface area contributed by atoms with Gasteiger partial charge in [-0.3, -0.25) is 0 Å². The predicted molar refractivity (Wildman–Crippen MR) is 45.1 cm³/mol. The smallest absolute Gasteiger partial charge is 0.134 e. The zero-order valence-electron chi connectivity index (χ0n) is 7.22. The summed E-state index contributed by atoms with van der Waals surface area (Å²) in [6.07, 6.45) is -1.07. The minimum atomic E-state index is -1.07. The van der Waals surface area contributed by atoms with Gasteiger partial charge in [0.05, 0.1) is 6.10 Å². The summed E-state index contributed by atoms with van der Waals surface area (Å²) in [4.78, 5) is 0. The van der Waals surface area contributed by atoms with Crippen molar-refractivity contribution in [1.82, 2.24) is 0 Å². The van der Waals surface area contributed by atoms with Crippen LogP contribution in [0.5, 0.6) is 0 Å². The van der Waals surface area contributed by atoms with E-state index in [1.54, 1.807) is 0 Å². The molecule has 4 heteroatoms. The maximum atomic E-state index is 13.2. The highest BCUT2D eigenvalue weighted by molar-refractivity contribution is 5.28. The summed E-state index contributed by atoms with van der Waals surface area (Å²) < 4.78 is 26.0. The van der Waals surface area contributed by atoms with Crippen molar-refractivity contribution in [2.24, 2.45) is 5.73 Å². The van der Waals surface area contributed by atoms with Gasteiger partial charge in [-0.25, -0.2) is 8.78 Å². The summed E-state index contributed by atoms with van der Waals surface area (Å²) in [5.74, 6) is -1.34. The van der Waals surface area contributed by atoms with Crippen molar-refractivity contribution in [3.8, 4) is 0 Å². The highest BCUT2D eigenvalue weighted by atomic mass is 19.1. The average molecular weight is 187 g/mol. The third-order valence-corrected chi connectivity index (χ3v) is 1.93. The second-order valence-electron chi connectivity index (χ2n) is 2.83. The maximum Gasteiger partial charge on any atom is 0.134 e. The molecule has 0 bridgehead atoms. The van der Waals surface area contributed by atoms with Crippen molar-refractivity contribution in [3.63, 3.8) is 0 Å². The van der Waals surface area contributed by atoms with Crippen LogP contribution in [0.25, 0.3) is 0 Å². The summed E-state index contributed by atoms with van der Waals surface area (Å²) >= 11 is 0. The number of halogens is 2. The lowest BCUT2D eigenvalue weighted by molar-refractivity contribution is 0.181. The van der Waals surface area contributed by atoms with Gasteiger partial charge < -0.3 is 10.8 Å². The maximum absolute atomic E-state index is 13.2. The molecule has 0 aromatic heterocycles.